The van der Waals surface area contributed by atoms with Crippen molar-refractivity contribution < 1.29 is 22.3 Å². The molecule has 0 unspecified atom stereocenters. The van der Waals surface area contributed by atoms with Crippen LogP contribution in [-0.2, 0) is 27.6 Å². The summed E-state index contributed by atoms with van der Waals surface area (Å²) >= 11 is 0. The smallest absolute Gasteiger partial charge is 0.261 e. The molecule has 2 heterocycles. The fourth-order valence-electron chi connectivity index (χ4n) is 4.11. The number of anilines is 1. The maximum absolute atomic E-state index is 14.9. The number of ether oxygens (including phenoxy) is 2. The van der Waals surface area contributed by atoms with Crippen molar-refractivity contribution in [2.75, 3.05) is 38.6 Å². The van der Waals surface area contributed by atoms with Gasteiger partial charge in [0.1, 0.15) is 11.4 Å². The van der Waals surface area contributed by atoms with E-state index < -0.39 is 15.7 Å². The third kappa shape index (κ3) is 5.83. The van der Waals surface area contributed by atoms with Crippen LogP contribution >= 0.6 is 0 Å². The first-order valence-corrected chi connectivity index (χ1v) is 12.7. The predicted octanol–water partition coefficient (Wildman–Crippen LogP) is 3.79. The van der Waals surface area contributed by atoms with Crippen LogP contribution in [0.25, 0.3) is 0 Å². The summed E-state index contributed by atoms with van der Waals surface area (Å²) in [6.07, 6.45) is 6.14. The normalized spacial score (nSPS) is 24.2. The van der Waals surface area contributed by atoms with Crippen LogP contribution in [-0.4, -0.2) is 63.9 Å². The van der Waals surface area contributed by atoms with Crippen molar-refractivity contribution >= 4 is 15.7 Å². The first-order chi connectivity index (χ1) is 15.6. The summed E-state index contributed by atoms with van der Waals surface area (Å²) in [5.41, 5.74) is 0.871. The molecule has 1 aliphatic heterocycles. The van der Waals surface area contributed by atoms with Gasteiger partial charge in [0.2, 0.25) is 5.88 Å². The van der Waals surface area contributed by atoms with Crippen LogP contribution in [0.4, 0.5) is 10.1 Å². The van der Waals surface area contributed by atoms with Crippen LogP contribution in [0.15, 0.2) is 41.4 Å². The first kappa shape index (κ1) is 25.4. The molecule has 1 aromatic heterocycles. The number of nitrogens with one attached hydrogen (secondary N) is 1. The molecular formula is C24H34FN3O4S. The molecule has 9 heteroatoms. The number of hydrogen-bond donors (Lipinski definition) is 1. The van der Waals surface area contributed by atoms with Gasteiger partial charge in [0.15, 0.2) is 0 Å². The third-order valence-corrected chi connectivity index (χ3v) is 7.69. The van der Waals surface area contributed by atoms with Gasteiger partial charge in [-0.15, -0.1) is 0 Å². The number of likely N-dealkylation sites (N-methyl/N-ethyl adjacent to an activating group) is 1. The topological polar surface area (TPSA) is 80.8 Å². The van der Waals surface area contributed by atoms with Crippen molar-refractivity contribution in [3.05, 3.63) is 52.6 Å². The fraction of sp³-hybridized carbons (Fsp3) is 0.542. The number of hydrogen-bond acceptors (Lipinski definition) is 6. The van der Waals surface area contributed by atoms with E-state index in [1.807, 2.05) is 14.0 Å². The molecule has 7 nitrogen and oxygen atoms in total. The van der Waals surface area contributed by atoms with Gasteiger partial charge in [0.05, 0.1) is 18.1 Å². The Morgan fingerprint density at radius 3 is 2.70 bits per heavy atom. The Morgan fingerprint density at radius 1 is 1.36 bits per heavy atom. The molecule has 1 aromatic rings. The lowest BCUT2D eigenvalue weighted by Crippen LogP contribution is -2.45. The van der Waals surface area contributed by atoms with Crippen molar-refractivity contribution in [2.24, 2.45) is 0 Å². The van der Waals surface area contributed by atoms with E-state index in [9.17, 15) is 12.8 Å². The van der Waals surface area contributed by atoms with Crippen LogP contribution in [0.2, 0.25) is 0 Å². The number of methoxy groups -OCH3 is 1. The highest BCUT2D eigenvalue weighted by Crippen LogP contribution is 2.43. The number of rotatable bonds is 9. The van der Waals surface area contributed by atoms with E-state index in [0.717, 1.165) is 37.2 Å². The van der Waals surface area contributed by atoms with Gasteiger partial charge in [0, 0.05) is 44.7 Å². The van der Waals surface area contributed by atoms with Crippen molar-refractivity contribution in [3.8, 4) is 5.88 Å². The summed E-state index contributed by atoms with van der Waals surface area (Å²) in [5.74, 6) is 0.227. The van der Waals surface area contributed by atoms with E-state index in [2.05, 4.69) is 21.2 Å². The zero-order valence-corrected chi connectivity index (χ0v) is 20.7. The van der Waals surface area contributed by atoms with E-state index in [1.54, 1.807) is 13.0 Å². The summed E-state index contributed by atoms with van der Waals surface area (Å²) in [7, 11) is -0.436. The third-order valence-electron chi connectivity index (χ3n) is 6.21. The van der Waals surface area contributed by atoms with Crippen molar-refractivity contribution in [2.45, 2.75) is 51.3 Å². The minimum atomic E-state index is -3.95. The molecule has 3 rings (SSSR count). The van der Waals surface area contributed by atoms with Crippen LogP contribution in [0.3, 0.4) is 0 Å². The maximum Gasteiger partial charge on any atom is 0.261 e. The lowest BCUT2D eigenvalue weighted by molar-refractivity contribution is -0.0728. The zero-order valence-electron chi connectivity index (χ0n) is 19.9. The summed E-state index contributed by atoms with van der Waals surface area (Å²) in [6.45, 7) is 9.58. The lowest BCUT2D eigenvalue weighted by Gasteiger charge is -2.41. The molecule has 1 N–H and O–H groups in total. The van der Waals surface area contributed by atoms with Crippen LogP contribution in [0.1, 0.15) is 37.9 Å². The SMILES string of the molecule is C=C(/C=C\C(=C/C)S(=O)(=O)Nc1cc2c(nc1OC)CCN(C)CC2)[C@]1(F)C[C@H](OCC)C1. The minimum absolute atomic E-state index is 0.00432. The molecule has 0 bridgehead atoms. The minimum Gasteiger partial charge on any atom is -0.479 e. The summed E-state index contributed by atoms with van der Waals surface area (Å²) in [6, 6.07) is 1.80. The maximum atomic E-state index is 14.9. The monoisotopic (exact) mass is 479 g/mol. The Bertz CT molecular complexity index is 1050. The molecule has 182 valence electrons. The quantitative estimate of drug-likeness (QED) is 0.543. The van der Waals surface area contributed by atoms with Gasteiger partial charge in [-0.25, -0.2) is 17.8 Å². The van der Waals surface area contributed by atoms with Gasteiger partial charge in [-0.2, -0.15) is 0 Å². The predicted molar refractivity (Wildman–Crippen MR) is 129 cm³/mol. The highest BCUT2D eigenvalue weighted by Gasteiger charge is 2.46. The molecule has 0 spiro atoms. The van der Waals surface area contributed by atoms with E-state index in [1.165, 1.54) is 25.3 Å². The summed E-state index contributed by atoms with van der Waals surface area (Å²) in [4.78, 5) is 6.77. The molecule has 1 aliphatic carbocycles. The average Bonchev–Trinajstić information content (AvgIpc) is 2.93. The Morgan fingerprint density at radius 2 is 2.06 bits per heavy atom. The molecule has 0 atom stereocenters. The molecule has 33 heavy (non-hydrogen) atoms. The largest absolute Gasteiger partial charge is 0.479 e. The molecule has 0 saturated heterocycles. The van der Waals surface area contributed by atoms with Gasteiger partial charge in [-0.3, -0.25) is 4.72 Å². The van der Waals surface area contributed by atoms with Gasteiger partial charge in [-0.1, -0.05) is 18.7 Å². The zero-order chi connectivity index (χ0) is 24.2. The number of sulfonamides is 1. The highest BCUT2D eigenvalue weighted by atomic mass is 32.2. The molecule has 1 saturated carbocycles. The fourth-order valence-corrected chi connectivity index (χ4v) is 5.22. The van der Waals surface area contributed by atoms with E-state index in [4.69, 9.17) is 9.47 Å². The average molecular weight is 480 g/mol. The number of aromatic nitrogens is 1. The Balaban J connectivity index is 1.76. The van der Waals surface area contributed by atoms with Crippen LogP contribution in [0.5, 0.6) is 5.88 Å². The lowest BCUT2D eigenvalue weighted by atomic mass is 9.74. The number of nitrogens with zero attached hydrogens (tertiary/aromatic N) is 2. The Kier molecular flexibility index (Phi) is 7.97. The van der Waals surface area contributed by atoms with Crippen molar-refractivity contribution in [3.63, 3.8) is 0 Å². The molecule has 2 aliphatic rings. The molecule has 0 aromatic carbocycles. The number of fused-ring (bicyclic) bond motifs is 1. The second-order valence-corrected chi connectivity index (χ2v) is 10.2. The molecular weight excluding hydrogens is 445 g/mol. The standard InChI is InChI=1S/C24H34FN3O4S/c1-6-20(9-8-17(3)24(25)15-19(16-24)32-7-2)33(29,30)27-22-14-18-10-12-28(4)13-11-21(18)26-23(22)31-5/h6,8-9,14,19,27H,3,7,10-13,15-16H2,1-2,4-5H3/b9-8-,20-6+/t19-,24-. The highest BCUT2D eigenvalue weighted by molar-refractivity contribution is 7.96. The van der Waals surface area contributed by atoms with E-state index in [-0.39, 0.29) is 41.0 Å². The van der Waals surface area contributed by atoms with Crippen molar-refractivity contribution in [1.82, 2.24) is 9.88 Å². The second kappa shape index (κ2) is 10.4. The molecule has 1 fully saturated rings. The number of pyridine rings is 1. The number of allylic oxidation sites excluding steroid dienone is 4. The van der Waals surface area contributed by atoms with Gasteiger partial charge >= 0.3 is 0 Å². The second-order valence-electron chi connectivity index (χ2n) is 8.56. The van der Waals surface area contributed by atoms with Crippen LogP contribution < -0.4 is 9.46 Å². The molecule has 0 radical (unpaired) electrons. The Hall–Kier alpha value is -2.23. The summed E-state index contributed by atoms with van der Waals surface area (Å²) < 4.78 is 54.5. The van der Waals surface area contributed by atoms with Crippen LogP contribution in [0, 0.1) is 0 Å². The number of alkyl halides is 1. The van der Waals surface area contributed by atoms with Gasteiger partial charge < -0.3 is 14.4 Å². The first-order valence-electron chi connectivity index (χ1n) is 11.2. The van der Waals surface area contributed by atoms with Gasteiger partial charge in [-0.05, 0) is 50.6 Å². The van der Waals surface area contributed by atoms with Gasteiger partial charge in [0.25, 0.3) is 10.0 Å². The van der Waals surface area contributed by atoms with Crippen molar-refractivity contribution in [1.29, 1.82) is 0 Å². The molecule has 0 amide bonds. The van der Waals surface area contributed by atoms with E-state index in [0.29, 0.717) is 6.61 Å². The summed E-state index contributed by atoms with van der Waals surface area (Å²) in [5, 5.41) is 0. The van der Waals surface area contributed by atoms with E-state index >= 15 is 0 Å². The number of halogens is 1. The Labute approximate surface area is 196 Å².